The molecule has 0 rings (SSSR count). The summed E-state index contributed by atoms with van der Waals surface area (Å²) in [6.07, 6.45) is 2.21. The van der Waals surface area contributed by atoms with Crippen LogP contribution in [0.3, 0.4) is 0 Å². The Labute approximate surface area is 69.0 Å². The van der Waals surface area contributed by atoms with Crippen molar-refractivity contribution in [1.82, 2.24) is 9.80 Å². The second-order valence-corrected chi connectivity index (χ2v) is 2.95. The van der Waals surface area contributed by atoms with Crippen LogP contribution < -0.4 is 0 Å². The van der Waals surface area contributed by atoms with Gasteiger partial charge in [-0.25, -0.2) is 4.79 Å². The van der Waals surface area contributed by atoms with Crippen molar-refractivity contribution >= 4 is 6.03 Å². The molecule has 11 heavy (non-hydrogen) atoms. The Morgan fingerprint density at radius 2 is 1.82 bits per heavy atom. The van der Waals surface area contributed by atoms with E-state index in [0.717, 1.165) is 19.4 Å². The lowest BCUT2D eigenvalue weighted by atomic mass is 10.3. The number of unbranched alkanes of at least 4 members (excludes halogenated alkanes) is 1. The van der Waals surface area contributed by atoms with E-state index in [1.807, 2.05) is 7.05 Å². The number of urea groups is 1. The van der Waals surface area contributed by atoms with E-state index in [9.17, 15) is 4.79 Å². The van der Waals surface area contributed by atoms with Crippen LogP contribution in [0.25, 0.3) is 0 Å². The highest BCUT2D eigenvalue weighted by Crippen LogP contribution is 1.94. The summed E-state index contributed by atoms with van der Waals surface area (Å²) in [5.74, 6) is 0. The van der Waals surface area contributed by atoms with Crippen molar-refractivity contribution in [3.63, 3.8) is 0 Å². The van der Waals surface area contributed by atoms with Crippen molar-refractivity contribution in [1.29, 1.82) is 0 Å². The molecule has 0 radical (unpaired) electrons. The summed E-state index contributed by atoms with van der Waals surface area (Å²) in [5.41, 5.74) is 0. The van der Waals surface area contributed by atoms with Crippen molar-refractivity contribution in [2.24, 2.45) is 0 Å². The van der Waals surface area contributed by atoms with E-state index in [-0.39, 0.29) is 6.03 Å². The van der Waals surface area contributed by atoms with Crippen LogP contribution in [0.4, 0.5) is 4.79 Å². The molecule has 0 aromatic rings. The maximum atomic E-state index is 11.2. The molecule has 0 aromatic heterocycles. The van der Waals surface area contributed by atoms with Crippen LogP contribution in [0.5, 0.6) is 0 Å². The first-order valence-corrected chi connectivity index (χ1v) is 4.02. The zero-order chi connectivity index (χ0) is 8.85. The van der Waals surface area contributed by atoms with Crippen LogP contribution in [0.2, 0.25) is 0 Å². The molecule has 0 aliphatic heterocycles. The Hall–Kier alpha value is -0.730. The van der Waals surface area contributed by atoms with E-state index in [1.54, 1.807) is 23.9 Å². The average molecular weight is 158 g/mol. The Balaban J connectivity index is 3.64. The minimum atomic E-state index is 0.0819. The third-order valence-corrected chi connectivity index (χ3v) is 1.56. The minimum Gasteiger partial charge on any atom is -0.331 e. The Morgan fingerprint density at radius 1 is 1.27 bits per heavy atom. The van der Waals surface area contributed by atoms with Gasteiger partial charge >= 0.3 is 6.03 Å². The van der Waals surface area contributed by atoms with Crippen LogP contribution in [-0.4, -0.2) is 43.5 Å². The summed E-state index contributed by atoms with van der Waals surface area (Å²) in [7, 11) is 5.37. The largest absolute Gasteiger partial charge is 0.331 e. The Kier molecular flexibility index (Phi) is 4.66. The molecule has 66 valence electrons. The molecule has 3 nitrogen and oxygen atoms in total. The van der Waals surface area contributed by atoms with Crippen molar-refractivity contribution in [3.05, 3.63) is 0 Å². The van der Waals surface area contributed by atoms with Gasteiger partial charge in [0, 0.05) is 27.7 Å². The summed E-state index contributed by atoms with van der Waals surface area (Å²) in [6.45, 7) is 2.97. The van der Waals surface area contributed by atoms with Gasteiger partial charge in [-0.2, -0.15) is 0 Å². The molecule has 0 heterocycles. The van der Waals surface area contributed by atoms with Gasteiger partial charge in [0.25, 0.3) is 0 Å². The van der Waals surface area contributed by atoms with Gasteiger partial charge in [-0.3, -0.25) is 0 Å². The maximum Gasteiger partial charge on any atom is 0.319 e. The number of carbonyl (C=O) groups is 1. The first-order valence-electron chi connectivity index (χ1n) is 4.02. The van der Waals surface area contributed by atoms with Gasteiger partial charge in [0.05, 0.1) is 0 Å². The number of nitrogens with zero attached hydrogens (tertiary/aromatic N) is 2. The standard InChI is InChI=1S/C8H18N2O/c1-5-6-7-10(4)8(11)9(2)3/h5-7H2,1-4H3. The molecular formula is C8H18N2O. The molecular weight excluding hydrogens is 140 g/mol. The average Bonchev–Trinajstić information content (AvgIpc) is 1.98. The first-order chi connectivity index (χ1) is 5.09. The van der Waals surface area contributed by atoms with Gasteiger partial charge in [-0.15, -0.1) is 0 Å². The fourth-order valence-electron chi connectivity index (χ4n) is 0.832. The van der Waals surface area contributed by atoms with Crippen LogP contribution in [0.15, 0.2) is 0 Å². The summed E-state index contributed by atoms with van der Waals surface area (Å²) in [5, 5.41) is 0. The van der Waals surface area contributed by atoms with Crippen LogP contribution >= 0.6 is 0 Å². The topological polar surface area (TPSA) is 23.6 Å². The Morgan fingerprint density at radius 3 is 2.18 bits per heavy atom. The van der Waals surface area contributed by atoms with E-state index in [4.69, 9.17) is 0 Å². The fraction of sp³-hybridized carbons (Fsp3) is 0.875. The highest BCUT2D eigenvalue weighted by Gasteiger charge is 2.08. The van der Waals surface area contributed by atoms with Crippen LogP contribution in [0.1, 0.15) is 19.8 Å². The fourth-order valence-corrected chi connectivity index (χ4v) is 0.832. The zero-order valence-electron chi connectivity index (χ0n) is 7.92. The highest BCUT2D eigenvalue weighted by molar-refractivity contribution is 5.73. The third-order valence-electron chi connectivity index (χ3n) is 1.56. The molecule has 0 saturated carbocycles. The smallest absolute Gasteiger partial charge is 0.319 e. The molecule has 3 heteroatoms. The lowest BCUT2D eigenvalue weighted by Gasteiger charge is -2.21. The van der Waals surface area contributed by atoms with E-state index in [0.29, 0.717) is 0 Å². The van der Waals surface area contributed by atoms with E-state index >= 15 is 0 Å². The van der Waals surface area contributed by atoms with Gasteiger partial charge in [-0.05, 0) is 6.42 Å². The van der Waals surface area contributed by atoms with Gasteiger partial charge in [0.1, 0.15) is 0 Å². The molecule has 0 aliphatic rings. The van der Waals surface area contributed by atoms with E-state index < -0.39 is 0 Å². The quantitative estimate of drug-likeness (QED) is 0.609. The molecule has 0 saturated heterocycles. The molecule has 0 unspecified atom stereocenters. The van der Waals surface area contributed by atoms with Gasteiger partial charge in [0.2, 0.25) is 0 Å². The summed E-state index contributed by atoms with van der Waals surface area (Å²) < 4.78 is 0. The van der Waals surface area contributed by atoms with Crippen molar-refractivity contribution in [2.45, 2.75) is 19.8 Å². The van der Waals surface area contributed by atoms with Gasteiger partial charge in [-0.1, -0.05) is 13.3 Å². The van der Waals surface area contributed by atoms with Gasteiger partial charge < -0.3 is 9.80 Å². The van der Waals surface area contributed by atoms with E-state index in [1.165, 1.54) is 0 Å². The van der Waals surface area contributed by atoms with E-state index in [2.05, 4.69) is 6.92 Å². The highest BCUT2D eigenvalue weighted by atomic mass is 16.2. The lowest BCUT2D eigenvalue weighted by molar-refractivity contribution is 0.181. The van der Waals surface area contributed by atoms with Crippen molar-refractivity contribution in [3.8, 4) is 0 Å². The molecule has 0 spiro atoms. The zero-order valence-corrected chi connectivity index (χ0v) is 7.92. The lowest BCUT2D eigenvalue weighted by Crippen LogP contribution is -2.36. The number of hydrogen-bond acceptors (Lipinski definition) is 1. The van der Waals surface area contributed by atoms with Crippen LogP contribution in [-0.2, 0) is 0 Å². The second kappa shape index (κ2) is 4.99. The number of carbonyl (C=O) groups excluding carboxylic acids is 1. The number of amides is 2. The van der Waals surface area contributed by atoms with Gasteiger partial charge in [0.15, 0.2) is 0 Å². The molecule has 0 aliphatic carbocycles. The number of rotatable bonds is 3. The molecule has 0 atom stereocenters. The van der Waals surface area contributed by atoms with Crippen molar-refractivity contribution in [2.75, 3.05) is 27.7 Å². The first kappa shape index (κ1) is 10.3. The maximum absolute atomic E-state index is 11.2. The number of hydrogen-bond donors (Lipinski definition) is 0. The third kappa shape index (κ3) is 3.86. The molecule has 0 N–H and O–H groups in total. The molecule has 2 amide bonds. The Bertz CT molecular complexity index is 123. The monoisotopic (exact) mass is 158 g/mol. The summed E-state index contributed by atoms with van der Waals surface area (Å²) in [4.78, 5) is 14.5. The predicted octanol–water partition coefficient (Wildman–Crippen LogP) is 1.40. The minimum absolute atomic E-state index is 0.0819. The molecule has 0 aromatic carbocycles. The van der Waals surface area contributed by atoms with Crippen LogP contribution in [0, 0.1) is 0 Å². The second-order valence-electron chi connectivity index (χ2n) is 2.95. The summed E-state index contributed by atoms with van der Waals surface area (Å²) in [6, 6.07) is 0.0819. The normalized spacial score (nSPS) is 9.45. The SMILES string of the molecule is CCCCN(C)C(=O)N(C)C. The molecule has 0 bridgehead atoms. The predicted molar refractivity (Wildman–Crippen MR) is 46.6 cm³/mol. The van der Waals surface area contributed by atoms with Crippen molar-refractivity contribution < 1.29 is 4.79 Å². The molecule has 0 fully saturated rings. The summed E-state index contributed by atoms with van der Waals surface area (Å²) >= 11 is 0.